The monoisotopic (exact) mass is 516 g/mol. The number of fused-ring (bicyclic) bond motifs is 1. The molecule has 0 aliphatic carbocycles. The summed E-state index contributed by atoms with van der Waals surface area (Å²) < 4.78 is 12.5. The molecule has 5 nitrogen and oxygen atoms in total. The number of ether oxygens (including phenoxy) is 1. The first-order valence-corrected chi connectivity index (χ1v) is 13.5. The van der Waals surface area contributed by atoms with Crippen LogP contribution in [0.15, 0.2) is 118 Å². The predicted molar refractivity (Wildman–Crippen MR) is 157 cm³/mol. The van der Waals surface area contributed by atoms with Gasteiger partial charge in [-0.05, 0) is 35.7 Å². The van der Waals surface area contributed by atoms with E-state index in [0.29, 0.717) is 23.5 Å². The normalized spacial score (nSPS) is 14.2. The van der Waals surface area contributed by atoms with Crippen molar-refractivity contribution in [2.75, 3.05) is 31.1 Å². The maximum absolute atomic E-state index is 13.1. The molecule has 0 amide bonds. The van der Waals surface area contributed by atoms with Crippen LogP contribution in [0.4, 0.5) is 5.88 Å². The molecule has 1 aliphatic heterocycles. The van der Waals surface area contributed by atoms with E-state index < -0.39 is 0 Å². The van der Waals surface area contributed by atoms with Crippen molar-refractivity contribution in [2.24, 2.45) is 0 Å². The third kappa shape index (κ3) is 5.31. The fraction of sp³-hybridized carbons (Fsp3) is 0.206. The molecule has 0 atom stereocenters. The summed E-state index contributed by atoms with van der Waals surface area (Å²) in [5, 5.41) is 0.579. The van der Waals surface area contributed by atoms with E-state index in [-0.39, 0.29) is 11.5 Å². The molecule has 1 aliphatic rings. The highest BCUT2D eigenvalue weighted by Gasteiger charge is 2.27. The van der Waals surface area contributed by atoms with Gasteiger partial charge in [-0.15, -0.1) is 0 Å². The third-order valence-electron chi connectivity index (χ3n) is 7.54. The first-order chi connectivity index (χ1) is 19.2. The number of benzene rings is 4. The zero-order valence-corrected chi connectivity index (χ0v) is 22.1. The van der Waals surface area contributed by atoms with E-state index in [1.807, 2.05) is 43.3 Å². The number of anilines is 1. The highest BCUT2D eigenvalue weighted by molar-refractivity contribution is 5.83. The van der Waals surface area contributed by atoms with Crippen molar-refractivity contribution in [1.29, 1.82) is 0 Å². The van der Waals surface area contributed by atoms with Crippen molar-refractivity contribution < 1.29 is 9.15 Å². The van der Waals surface area contributed by atoms with Gasteiger partial charge >= 0.3 is 0 Å². The molecule has 0 N–H and O–H groups in total. The van der Waals surface area contributed by atoms with Crippen molar-refractivity contribution >= 4 is 16.9 Å². The number of rotatable bonds is 7. The second-order valence-corrected chi connectivity index (χ2v) is 10.0. The smallest absolute Gasteiger partial charge is 0.200 e. The lowest BCUT2D eigenvalue weighted by atomic mass is 9.96. The number of hydrogen-bond donors (Lipinski definition) is 0. The summed E-state index contributed by atoms with van der Waals surface area (Å²) in [7, 11) is 0. The molecular formula is C34H32N2O3. The summed E-state index contributed by atoms with van der Waals surface area (Å²) in [5.74, 6) is 1.34. The van der Waals surface area contributed by atoms with Gasteiger partial charge in [-0.3, -0.25) is 9.69 Å². The Balaban J connectivity index is 1.23. The molecule has 4 aromatic carbocycles. The van der Waals surface area contributed by atoms with Gasteiger partial charge in [0.25, 0.3) is 0 Å². The van der Waals surface area contributed by atoms with Crippen LogP contribution >= 0.6 is 0 Å². The molecule has 0 saturated carbocycles. The van der Waals surface area contributed by atoms with Gasteiger partial charge in [-0.25, -0.2) is 0 Å². The van der Waals surface area contributed by atoms with Crippen LogP contribution in [0.2, 0.25) is 0 Å². The minimum absolute atomic E-state index is 0.0298. The van der Waals surface area contributed by atoms with Gasteiger partial charge in [0.15, 0.2) is 11.3 Å². The van der Waals surface area contributed by atoms with E-state index in [2.05, 4.69) is 70.5 Å². The fourth-order valence-corrected chi connectivity index (χ4v) is 5.46. The molecule has 0 radical (unpaired) electrons. The second kappa shape index (κ2) is 11.2. The Hall–Kier alpha value is -4.35. The largest absolute Gasteiger partial charge is 0.488 e. The highest BCUT2D eigenvalue weighted by atomic mass is 16.5. The molecule has 1 saturated heterocycles. The van der Waals surface area contributed by atoms with Gasteiger partial charge in [-0.2, -0.15) is 0 Å². The van der Waals surface area contributed by atoms with Crippen LogP contribution in [-0.2, 0) is 6.61 Å². The van der Waals surface area contributed by atoms with E-state index in [9.17, 15) is 4.79 Å². The molecule has 6 rings (SSSR count). The lowest BCUT2D eigenvalue weighted by Crippen LogP contribution is -2.48. The Morgan fingerprint density at radius 3 is 1.97 bits per heavy atom. The summed E-state index contributed by atoms with van der Waals surface area (Å²) in [4.78, 5) is 17.8. The molecule has 2 heterocycles. The summed E-state index contributed by atoms with van der Waals surface area (Å²) in [6.45, 7) is 5.67. The number of nitrogens with zero attached hydrogens (tertiary/aromatic N) is 2. The Kier molecular flexibility index (Phi) is 7.15. The molecule has 0 spiro atoms. The Labute approximate surface area is 228 Å². The summed E-state index contributed by atoms with van der Waals surface area (Å²) >= 11 is 0. The molecule has 1 aromatic heterocycles. The molecule has 5 aromatic rings. The van der Waals surface area contributed by atoms with Crippen molar-refractivity contribution in [3.05, 3.63) is 142 Å². The zero-order valence-electron chi connectivity index (χ0n) is 22.1. The lowest BCUT2D eigenvalue weighted by Gasteiger charge is -2.40. The summed E-state index contributed by atoms with van der Waals surface area (Å²) in [6.07, 6.45) is 0. The topological polar surface area (TPSA) is 45.9 Å². The molecule has 0 bridgehead atoms. The molecule has 0 unspecified atom stereocenters. The Bertz CT molecular complexity index is 1550. The van der Waals surface area contributed by atoms with Crippen LogP contribution in [0.1, 0.15) is 28.3 Å². The molecule has 1 fully saturated rings. The predicted octanol–water partition coefficient (Wildman–Crippen LogP) is 6.59. The van der Waals surface area contributed by atoms with Crippen molar-refractivity contribution in [3.63, 3.8) is 0 Å². The van der Waals surface area contributed by atoms with E-state index in [1.165, 1.54) is 11.1 Å². The fourth-order valence-electron chi connectivity index (χ4n) is 5.46. The maximum atomic E-state index is 13.1. The van der Waals surface area contributed by atoms with Gasteiger partial charge in [-0.1, -0.05) is 91.0 Å². The van der Waals surface area contributed by atoms with Gasteiger partial charge < -0.3 is 14.1 Å². The van der Waals surface area contributed by atoms with Gasteiger partial charge in [0.05, 0.1) is 11.4 Å². The van der Waals surface area contributed by atoms with E-state index >= 15 is 0 Å². The number of aryl methyl sites for hydroxylation is 1. The van der Waals surface area contributed by atoms with Crippen LogP contribution in [0.5, 0.6) is 5.75 Å². The van der Waals surface area contributed by atoms with Crippen LogP contribution in [-0.4, -0.2) is 31.1 Å². The average Bonchev–Trinajstić information content (AvgIpc) is 2.99. The van der Waals surface area contributed by atoms with Gasteiger partial charge in [0.1, 0.15) is 17.9 Å². The quantitative estimate of drug-likeness (QED) is 0.244. The number of piperazine rings is 1. The van der Waals surface area contributed by atoms with E-state index in [4.69, 9.17) is 9.15 Å². The molecule has 5 heteroatoms. The van der Waals surface area contributed by atoms with Gasteiger partial charge in [0, 0.05) is 37.8 Å². The second-order valence-electron chi connectivity index (χ2n) is 10.0. The Morgan fingerprint density at radius 2 is 1.36 bits per heavy atom. The van der Waals surface area contributed by atoms with Crippen molar-refractivity contribution in [1.82, 2.24) is 4.90 Å². The third-order valence-corrected chi connectivity index (χ3v) is 7.54. The van der Waals surface area contributed by atoms with Crippen LogP contribution in [0.3, 0.4) is 0 Å². The van der Waals surface area contributed by atoms with Crippen LogP contribution in [0.25, 0.3) is 11.0 Å². The van der Waals surface area contributed by atoms with Crippen LogP contribution < -0.4 is 15.1 Å². The molecule has 196 valence electrons. The van der Waals surface area contributed by atoms with E-state index in [1.54, 1.807) is 12.1 Å². The average molecular weight is 517 g/mol. The van der Waals surface area contributed by atoms with Crippen LogP contribution in [0, 0.1) is 6.92 Å². The van der Waals surface area contributed by atoms with Gasteiger partial charge in [0.2, 0.25) is 0 Å². The summed E-state index contributed by atoms with van der Waals surface area (Å²) in [5.41, 5.74) is 5.07. The summed E-state index contributed by atoms with van der Waals surface area (Å²) in [6, 6.07) is 36.9. The Morgan fingerprint density at radius 1 is 0.769 bits per heavy atom. The minimum atomic E-state index is -0.0298. The number of hydrogen-bond acceptors (Lipinski definition) is 5. The van der Waals surface area contributed by atoms with E-state index in [0.717, 1.165) is 43.1 Å². The SMILES string of the molecule is Cc1c(OCc2ccccc2)ccc2c(=O)cc(N3CCN(C(c4ccccc4)c4ccccc4)CC3)oc12. The van der Waals surface area contributed by atoms with Crippen molar-refractivity contribution in [3.8, 4) is 5.75 Å². The maximum Gasteiger partial charge on any atom is 0.200 e. The molecular weight excluding hydrogens is 484 g/mol. The lowest BCUT2D eigenvalue weighted by molar-refractivity contribution is 0.209. The first-order valence-electron chi connectivity index (χ1n) is 13.5. The standard InChI is InChI=1S/C34H32N2O3/c1-25-31(38-24-26-11-5-2-6-12-26)18-17-29-30(37)23-32(39-34(25)29)35-19-21-36(22-20-35)33(27-13-7-3-8-14-27)28-15-9-4-10-16-28/h2-18,23,33H,19-22,24H2,1H3. The zero-order chi connectivity index (χ0) is 26.6. The molecule has 39 heavy (non-hydrogen) atoms. The minimum Gasteiger partial charge on any atom is -0.488 e. The van der Waals surface area contributed by atoms with Crippen molar-refractivity contribution in [2.45, 2.75) is 19.6 Å². The highest BCUT2D eigenvalue weighted by Crippen LogP contribution is 2.32. The first kappa shape index (κ1) is 25.0.